The van der Waals surface area contributed by atoms with Crippen molar-refractivity contribution in [2.75, 3.05) is 0 Å². The molecule has 0 heterocycles. The number of hydrogen-bond acceptors (Lipinski definition) is 3. The van der Waals surface area contributed by atoms with Gasteiger partial charge in [0.1, 0.15) is 6.04 Å². The zero-order valence-corrected chi connectivity index (χ0v) is 20.5. The van der Waals surface area contributed by atoms with Gasteiger partial charge in [0.2, 0.25) is 11.8 Å². The molecule has 5 nitrogen and oxygen atoms in total. The highest BCUT2D eigenvalue weighted by molar-refractivity contribution is 5.90. The normalized spacial score (nSPS) is 16.6. The Morgan fingerprint density at radius 1 is 1.06 bits per heavy atom. The van der Waals surface area contributed by atoms with E-state index < -0.39 is 17.6 Å². The molecule has 2 amide bonds. The lowest BCUT2D eigenvalue weighted by Gasteiger charge is -2.26. The van der Waals surface area contributed by atoms with Crippen LogP contribution in [-0.2, 0) is 16.0 Å². The fourth-order valence-electron chi connectivity index (χ4n) is 3.95. The predicted molar refractivity (Wildman–Crippen MR) is 131 cm³/mol. The summed E-state index contributed by atoms with van der Waals surface area (Å²) >= 11 is 0. The zero-order chi connectivity index (χ0) is 23.7. The van der Waals surface area contributed by atoms with Crippen molar-refractivity contribution >= 4 is 11.8 Å². The summed E-state index contributed by atoms with van der Waals surface area (Å²) in [5, 5.41) is 5.85. The topological polar surface area (TPSA) is 84.2 Å². The van der Waals surface area contributed by atoms with Crippen molar-refractivity contribution in [3.05, 3.63) is 35.4 Å². The smallest absolute Gasteiger partial charge is 0.243 e. The fourth-order valence-corrected chi connectivity index (χ4v) is 3.95. The highest BCUT2D eigenvalue weighted by Gasteiger charge is 2.27. The van der Waals surface area contributed by atoms with Crippen LogP contribution in [0.15, 0.2) is 24.3 Å². The van der Waals surface area contributed by atoms with Crippen molar-refractivity contribution in [3.63, 3.8) is 0 Å². The van der Waals surface area contributed by atoms with Crippen molar-refractivity contribution in [2.24, 2.45) is 17.6 Å². The molecule has 1 aliphatic carbocycles. The lowest BCUT2D eigenvalue weighted by Crippen LogP contribution is -2.55. The molecular weight excluding hydrogens is 398 g/mol. The molecule has 1 aromatic rings. The Balaban J connectivity index is 2.07. The number of nitrogens with one attached hydrogen (secondary N) is 2. The van der Waals surface area contributed by atoms with Gasteiger partial charge in [-0.05, 0) is 63.6 Å². The minimum Gasteiger partial charge on any atom is -0.350 e. The summed E-state index contributed by atoms with van der Waals surface area (Å²) in [6.45, 7) is 9.82. The minimum absolute atomic E-state index is 0.205. The van der Waals surface area contributed by atoms with Gasteiger partial charge in [0.05, 0.1) is 6.04 Å². The predicted octanol–water partition coefficient (Wildman–Crippen LogP) is 3.93. The van der Waals surface area contributed by atoms with Crippen LogP contribution in [0.5, 0.6) is 0 Å². The summed E-state index contributed by atoms with van der Waals surface area (Å²) in [5.74, 6) is 7.03. The third-order valence-corrected chi connectivity index (χ3v) is 5.61. The quantitative estimate of drug-likeness (QED) is 0.563. The van der Waals surface area contributed by atoms with Gasteiger partial charge in [0.25, 0.3) is 0 Å². The maximum atomic E-state index is 12.9. The Kier molecular flexibility index (Phi) is 9.78. The van der Waals surface area contributed by atoms with Crippen LogP contribution in [0.2, 0.25) is 0 Å². The van der Waals surface area contributed by atoms with Crippen LogP contribution in [0.4, 0.5) is 0 Å². The number of hydrogen-bond donors (Lipinski definition) is 3. The Morgan fingerprint density at radius 2 is 1.69 bits per heavy atom. The first-order valence-electron chi connectivity index (χ1n) is 12.0. The lowest BCUT2D eigenvalue weighted by molar-refractivity contribution is -0.130. The molecular formula is C27H41N3O2. The van der Waals surface area contributed by atoms with Crippen LogP contribution < -0.4 is 16.4 Å². The van der Waals surface area contributed by atoms with Gasteiger partial charge in [-0.15, -0.1) is 0 Å². The summed E-state index contributed by atoms with van der Waals surface area (Å²) in [7, 11) is 0. The van der Waals surface area contributed by atoms with E-state index in [1.165, 1.54) is 32.1 Å². The molecule has 2 atom stereocenters. The summed E-state index contributed by atoms with van der Waals surface area (Å²) < 4.78 is 0. The maximum Gasteiger partial charge on any atom is 0.243 e. The van der Waals surface area contributed by atoms with Crippen LogP contribution in [0, 0.1) is 23.7 Å². The van der Waals surface area contributed by atoms with Gasteiger partial charge in [-0.3, -0.25) is 9.59 Å². The Bertz CT molecular complexity index is 806. The van der Waals surface area contributed by atoms with E-state index in [0.29, 0.717) is 24.7 Å². The van der Waals surface area contributed by atoms with Crippen molar-refractivity contribution in [3.8, 4) is 11.8 Å². The van der Waals surface area contributed by atoms with E-state index in [2.05, 4.69) is 22.5 Å². The molecule has 4 N–H and O–H groups in total. The molecule has 1 aromatic carbocycles. The van der Waals surface area contributed by atoms with Gasteiger partial charge < -0.3 is 16.4 Å². The second-order valence-electron chi connectivity index (χ2n) is 10.5. The van der Waals surface area contributed by atoms with E-state index >= 15 is 0 Å². The van der Waals surface area contributed by atoms with Crippen LogP contribution in [0.3, 0.4) is 0 Å². The molecule has 1 saturated carbocycles. The van der Waals surface area contributed by atoms with Crippen LogP contribution in [0.1, 0.15) is 84.3 Å². The molecule has 1 fully saturated rings. The van der Waals surface area contributed by atoms with Crippen LogP contribution in [0.25, 0.3) is 0 Å². The number of carbonyl (C=O) groups excluding carboxylic acids is 2. The minimum atomic E-state index is -0.681. The average Bonchev–Trinajstić information content (AvgIpc) is 2.71. The Morgan fingerprint density at radius 3 is 2.25 bits per heavy atom. The van der Waals surface area contributed by atoms with Crippen molar-refractivity contribution < 1.29 is 9.59 Å². The SMILES string of the molecule is CC(C)CC(N)C(=O)NC(Cc1ccc(C#CC2CCCCC2)cc1)C(=O)NC(C)(C)C. The standard InChI is InChI=1S/C27H41N3O2/c1-19(2)17-23(28)25(31)29-24(26(32)30-27(3,4)5)18-22-15-13-21(14-16-22)12-11-20-9-7-6-8-10-20/h13-16,19-20,23-24H,6-10,17-18,28H2,1-5H3,(H,29,31)(H,30,32). The second-order valence-corrected chi connectivity index (χ2v) is 10.5. The molecule has 2 unspecified atom stereocenters. The number of rotatable bonds is 7. The summed E-state index contributed by atoms with van der Waals surface area (Å²) in [6.07, 6.45) is 7.27. The second kappa shape index (κ2) is 12.1. The van der Waals surface area contributed by atoms with Gasteiger partial charge in [-0.1, -0.05) is 57.1 Å². The molecule has 0 bridgehead atoms. The Hall–Kier alpha value is -2.32. The van der Waals surface area contributed by atoms with Crippen molar-refractivity contribution in [1.29, 1.82) is 0 Å². The van der Waals surface area contributed by atoms with E-state index in [9.17, 15) is 9.59 Å². The molecule has 0 radical (unpaired) electrons. The van der Waals surface area contributed by atoms with Crippen LogP contribution in [-0.4, -0.2) is 29.4 Å². The first-order valence-corrected chi connectivity index (χ1v) is 12.0. The lowest BCUT2D eigenvalue weighted by atomic mass is 9.89. The number of benzene rings is 1. The highest BCUT2D eigenvalue weighted by Crippen LogP contribution is 2.22. The molecule has 0 aliphatic heterocycles. The van der Waals surface area contributed by atoms with E-state index in [-0.39, 0.29) is 11.8 Å². The van der Waals surface area contributed by atoms with Gasteiger partial charge in [0, 0.05) is 23.4 Å². The van der Waals surface area contributed by atoms with E-state index in [0.717, 1.165) is 11.1 Å². The molecule has 0 saturated heterocycles. The molecule has 2 rings (SSSR count). The van der Waals surface area contributed by atoms with Gasteiger partial charge in [-0.25, -0.2) is 0 Å². The number of nitrogens with two attached hydrogens (primary N) is 1. The number of carbonyl (C=O) groups is 2. The molecule has 0 spiro atoms. The molecule has 176 valence electrons. The van der Waals surface area contributed by atoms with Crippen molar-refractivity contribution in [2.45, 2.75) is 97.2 Å². The van der Waals surface area contributed by atoms with E-state index in [4.69, 9.17) is 5.73 Å². The Labute approximate surface area is 194 Å². The number of amides is 2. The fraction of sp³-hybridized carbons (Fsp3) is 0.630. The molecule has 5 heteroatoms. The third kappa shape index (κ3) is 9.44. The van der Waals surface area contributed by atoms with Gasteiger partial charge in [0.15, 0.2) is 0 Å². The van der Waals surface area contributed by atoms with E-state index in [1.807, 2.05) is 58.9 Å². The summed E-state index contributed by atoms with van der Waals surface area (Å²) in [4.78, 5) is 25.5. The summed E-state index contributed by atoms with van der Waals surface area (Å²) in [6, 6.07) is 6.66. The molecule has 0 aromatic heterocycles. The maximum absolute atomic E-state index is 12.9. The summed E-state index contributed by atoms with van der Waals surface area (Å²) in [5.41, 5.74) is 7.61. The van der Waals surface area contributed by atoms with Gasteiger partial charge in [-0.2, -0.15) is 0 Å². The highest BCUT2D eigenvalue weighted by atomic mass is 16.2. The molecule has 1 aliphatic rings. The largest absolute Gasteiger partial charge is 0.350 e. The third-order valence-electron chi connectivity index (χ3n) is 5.61. The monoisotopic (exact) mass is 439 g/mol. The van der Waals surface area contributed by atoms with Crippen LogP contribution >= 0.6 is 0 Å². The van der Waals surface area contributed by atoms with Crippen molar-refractivity contribution in [1.82, 2.24) is 10.6 Å². The average molecular weight is 440 g/mol. The first-order chi connectivity index (χ1) is 15.0. The van der Waals surface area contributed by atoms with E-state index in [1.54, 1.807) is 0 Å². The van der Waals surface area contributed by atoms with Gasteiger partial charge >= 0.3 is 0 Å². The molecule has 32 heavy (non-hydrogen) atoms. The first kappa shape index (κ1) is 25.9. The zero-order valence-electron chi connectivity index (χ0n) is 20.5.